The predicted octanol–water partition coefficient (Wildman–Crippen LogP) is 0.347. The van der Waals surface area contributed by atoms with Crippen molar-refractivity contribution in [2.24, 2.45) is 5.73 Å². The van der Waals surface area contributed by atoms with Gasteiger partial charge in [-0.2, -0.15) is 0 Å². The first kappa shape index (κ1) is 14.3. The molecule has 0 aliphatic carbocycles. The number of rotatable bonds is 5. The quantitative estimate of drug-likeness (QED) is 0.805. The highest BCUT2D eigenvalue weighted by Gasteiger charge is 2.20. The Morgan fingerprint density at radius 2 is 2.37 bits per heavy atom. The third-order valence-corrected chi connectivity index (χ3v) is 3.40. The number of hydrogen-bond donors (Lipinski definition) is 2. The number of morpholine rings is 1. The zero-order chi connectivity index (χ0) is 13.7. The average molecular weight is 266 g/mol. The Morgan fingerprint density at radius 3 is 3.05 bits per heavy atom. The number of methoxy groups -OCH3 is 1. The Hall–Kier alpha value is -1.14. The van der Waals surface area contributed by atoms with Gasteiger partial charge in [-0.1, -0.05) is 6.07 Å². The molecule has 0 saturated carbocycles. The second kappa shape index (κ2) is 6.86. The van der Waals surface area contributed by atoms with Crippen molar-refractivity contribution in [2.45, 2.75) is 19.2 Å². The Bertz CT molecular complexity index is 412. The van der Waals surface area contributed by atoms with Crippen LogP contribution in [0.25, 0.3) is 0 Å². The molecule has 0 radical (unpaired) electrons. The van der Waals surface area contributed by atoms with Crippen LogP contribution in [0.3, 0.4) is 0 Å². The molecule has 0 bridgehead atoms. The van der Waals surface area contributed by atoms with E-state index in [2.05, 4.69) is 11.0 Å². The smallest absolute Gasteiger partial charge is 0.123 e. The minimum atomic E-state index is -0.0857. The summed E-state index contributed by atoms with van der Waals surface area (Å²) < 4.78 is 10.8. The standard InChI is InChI=1S/C14H22N2O3/c1-18-14-3-2-11(7-15)6-12(14)8-16-4-5-19-13(9-16)10-17/h2-3,6,13,17H,4-5,7-10,15H2,1H3. The molecule has 1 saturated heterocycles. The molecule has 1 aliphatic heterocycles. The third kappa shape index (κ3) is 3.67. The van der Waals surface area contributed by atoms with E-state index in [0.717, 1.165) is 36.5 Å². The van der Waals surface area contributed by atoms with Gasteiger partial charge in [0.1, 0.15) is 5.75 Å². The fraction of sp³-hybridized carbons (Fsp3) is 0.571. The number of ether oxygens (including phenoxy) is 2. The van der Waals surface area contributed by atoms with Crippen molar-refractivity contribution in [1.82, 2.24) is 4.90 Å². The van der Waals surface area contributed by atoms with Crippen LogP contribution in [0.4, 0.5) is 0 Å². The van der Waals surface area contributed by atoms with Crippen LogP contribution in [0.15, 0.2) is 18.2 Å². The summed E-state index contributed by atoms with van der Waals surface area (Å²) in [6, 6.07) is 6.03. The first-order valence-electron chi connectivity index (χ1n) is 6.57. The van der Waals surface area contributed by atoms with Crippen molar-refractivity contribution in [2.75, 3.05) is 33.4 Å². The van der Waals surface area contributed by atoms with Crippen molar-refractivity contribution in [1.29, 1.82) is 0 Å². The monoisotopic (exact) mass is 266 g/mol. The molecule has 0 spiro atoms. The van der Waals surface area contributed by atoms with Crippen LogP contribution in [0.2, 0.25) is 0 Å². The van der Waals surface area contributed by atoms with Crippen molar-refractivity contribution < 1.29 is 14.6 Å². The largest absolute Gasteiger partial charge is 0.496 e. The van der Waals surface area contributed by atoms with Gasteiger partial charge in [0, 0.05) is 31.7 Å². The molecular weight excluding hydrogens is 244 g/mol. The molecule has 1 heterocycles. The van der Waals surface area contributed by atoms with Gasteiger partial charge in [0.25, 0.3) is 0 Å². The van der Waals surface area contributed by atoms with Gasteiger partial charge in [-0.15, -0.1) is 0 Å². The molecule has 1 aromatic carbocycles. The van der Waals surface area contributed by atoms with Crippen LogP contribution in [-0.2, 0) is 17.8 Å². The number of hydrogen-bond acceptors (Lipinski definition) is 5. The summed E-state index contributed by atoms with van der Waals surface area (Å²) in [5.74, 6) is 0.879. The molecule has 0 amide bonds. The molecule has 1 unspecified atom stereocenters. The van der Waals surface area contributed by atoms with Gasteiger partial charge in [-0.3, -0.25) is 4.90 Å². The van der Waals surface area contributed by atoms with Crippen LogP contribution in [0.1, 0.15) is 11.1 Å². The SMILES string of the molecule is COc1ccc(CN)cc1CN1CCOC(CO)C1. The van der Waals surface area contributed by atoms with Crippen LogP contribution in [-0.4, -0.2) is 49.5 Å². The van der Waals surface area contributed by atoms with Gasteiger partial charge in [0.15, 0.2) is 0 Å². The van der Waals surface area contributed by atoms with Gasteiger partial charge < -0.3 is 20.3 Å². The zero-order valence-electron chi connectivity index (χ0n) is 11.3. The maximum Gasteiger partial charge on any atom is 0.123 e. The zero-order valence-corrected chi connectivity index (χ0v) is 11.3. The highest BCUT2D eigenvalue weighted by atomic mass is 16.5. The Labute approximate surface area is 113 Å². The highest BCUT2D eigenvalue weighted by molar-refractivity contribution is 5.37. The molecule has 5 nitrogen and oxygen atoms in total. The number of benzene rings is 1. The summed E-state index contributed by atoms with van der Waals surface area (Å²) >= 11 is 0. The van der Waals surface area contributed by atoms with E-state index in [0.29, 0.717) is 13.2 Å². The maximum absolute atomic E-state index is 9.16. The van der Waals surface area contributed by atoms with E-state index in [9.17, 15) is 0 Å². The molecule has 1 fully saturated rings. The van der Waals surface area contributed by atoms with Crippen molar-refractivity contribution in [3.63, 3.8) is 0 Å². The molecule has 19 heavy (non-hydrogen) atoms. The topological polar surface area (TPSA) is 68.0 Å². The fourth-order valence-corrected chi connectivity index (χ4v) is 2.36. The lowest BCUT2D eigenvalue weighted by atomic mass is 10.1. The second-order valence-electron chi connectivity index (χ2n) is 4.76. The molecule has 2 rings (SSSR count). The first-order chi connectivity index (χ1) is 9.26. The Morgan fingerprint density at radius 1 is 1.53 bits per heavy atom. The predicted molar refractivity (Wildman–Crippen MR) is 73.0 cm³/mol. The normalized spacial score (nSPS) is 20.5. The molecule has 0 aromatic heterocycles. The minimum absolute atomic E-state index is 0.0659. The van der Waals surface area contributed by atoms with Gasteiger partial charge in [-0.25, -0.2) is 0 Å². The lowest BCUT2D eigenvalue weighted by molar-refractivity contribution is -0.0552. The summed E-state index contributed by atoms with van der Waals surface area (Å²) in [4.78, 5) is 2.27. The van der Waals surface area contributed by atoms with Crippen LogP contribution in [0, 0.1) is 0 Å². The molecule has 1 aliphatic rings. The maximum atomic E-state index is 9.16. The third-order valence-electron chi connectivity index (χ3n) is 3.40. The molecule has 106 valence electrons. The summed E-state index contributed by atoms with van der Waals surface area (Å²) in [5, 5.41) is 9.16. The van der Waals surface area contributed by atoms with Gasteiger partial charge in [0.2, 0.25) is 0 Å². The van der Waals surface area contributed by atoms with E-state index in [1.54, 1.807) is 7.11 Å². The van der Waals surface area contributed by atoms with E-state index >= 15 is 0 Å². The second-order valence-corrected chi connectivity index (χ2v) is 4.76. The average Bonchev–Trinajstić information content (AvgIpc) is 2.47. The van der Waals surface area contributed by atoms with Gasteiger partial charge in [-0.05, 0) is 17.7 Å². The lowest BCUT2D eigenvalue weighted by Gasteiger charge is -2.32. The van der Waals surface area contributed by atoms with E-state index in [-0.39, 0.29) is 12.7 Å². The van der Waals surface area contributed by atoms with Crippen molar-refractivity contribution in [3.05, 3.63) is 29.3 Å². The van der Waals surface area contributed by atoms with Crippen molar-refractivity contribution in [3.8, 4) is 5.75 Å². The molecule has 5 heteroatoms. The molecular formula is C14H22N2O3. The summed E-state index contributed by atoms with van der Waals surface area (Å²) in [6.07, 6.45) is -0.0857. The van der Waals surface area contributed by atoms with E-state index in [1.807, 2.05) is 12.1 Å². The van der Waals surface area contributed by atoms with E-state index in [1.165, 1.54) is 0 Å². The highest BCUT2D eigenvalue weighted by Crippen LogP contribution is 2.22. The fourth-order valence-electron chi connectivity index (χ4n) is 2.36. The number of aliphatic hydroxyl groups excluding tert-OH is 1. The molecule has 1 aromatic rings. The Balaban J connectivity index is 2.08. The minimum Gasteiger partial charge on any atom is -0.496 e. The summed E-state index contributed by atoms with van der Waals surface area (Å²) in [7, 11) is 1.68. The van der Waals surface area contributed by atoms with Gasteiger partial charge in [0.05, 0.1) is 26.4 Å². The lowest BCUT2D eigenvalue weighted by Crippen LogP contribution is -2.43. The number of nitrogens with two attached hydrogens (primary N) is 1. The van der Waals surface area contributed by atoms with E-state index in [4.69, 9.17) is 20.3 Å². The molecule has 3 N–H and O–H groups in total. The molecule has 1 atom stereocenters. The number of nitrogens with zero attached hydrogens (tertiary/aromatic N) is 1. The summed E-state index contributed by atoms with van der Waals surface area (Å²) in [6.45, 7) is 3.65. The van der Waals surface area contributed by atoms with Gasteiger partial charge >= 0.3 is 0 Å². The Kier molecular flexibility index (Phi) is 5.15. The number of aliphatic hydroxyl groups is 1. The van der Waals surface area contributed by atoms with Crippen LogP contribution >= 0.6 is 0 Å². The van der Waals surface area contributed by atoms with E-state index < -0.39 is 0 Å². The van der Waals surface area contributed by atoms with Crippen LogP contribution in [0.5, 0.6) is 5.75 Å². The summed E-state index contributed by atoms with van der Waals surface area (Å²) in [5.41, 5.74) is 7.91. The first-order valence-corrected chi connectivity index (χ1v) is 6.57. The van der Waals surface area contributed by atoms with Crippen molar-refractivity contribution >= 4 is 0 Å². The van der Waals surface area contributed by atoms with Crippen LogP contribution < -0.4 is 10.5 Å².